The lowest BCUT2D eigenvalue weighted by Gasteiger charge is -2.19. The van der Waals surface area contributed by atoms with Crippen molar-refractivity contribution in [3.63, 3.8) is 0 Å². The Kier molecular flexibility index (Phi) is 6.90. The zero-order chi connectivity index (χ0) is 28.7. The highest BCUT2D eigenvalue weighted by Gasteiger charge is 2.30. The molecule has 1 aliphatic carbocycles. The summed E-state index contributed by atoms with van der Waals surface area (Å²) in [7, 11) is 3.75. The third-order valence-corrected chi connectivity index (χ3v) is 7.64. The number of halogens is 1. The van der Waals surface area contributed by atoms with Crippen LogP contribution in [0.1, 0.15) is 41.5 Å². The van der Waals surface area contributed by atoms with Gasteiger partial charge in [0, 0.05) is 48.8 Å². The van der Waals surface area contributed by atoms with Crippen LogP contribution in [0.4, 0.5) is 4.39 Å². The first kappa shape index (κ1) is 26.5. The van der Waals surface area contributed by atoms with E-state index in [2.05, 4.69) is 38.4 Å². The normalized spacial score (nSPS) is 18.0. The SMILES string of the molecule is CN1CCC(C#Cc2cc(OC3CC3)c(C#N)c(-c3c(-c4ccc5c(c4)C(CN)=NNC5=C=O)cnn3C)c2F)C1. The first-order valence-corrected chi connectivity index (χ1v) is 13.5. The van der Waals surface area contributed by atoms with Gasteiger partial charge in [-0.2, -0.15) is 15.5 Å². The Bertz CT molecular complexity index is 1750. The van der Waals surface area contributed by atoms with E-state index in [-0.39, 0.29) is 41.0 Å². The van der Waals surface area contributed by atoms with E-state index in [1.54, 1.807) is 30.1 Å². The topological polar surface area (TPSA) is 122 Å². The molecule has 41 heavy (non-hydrogen) atoms. The fraction of sp³-hybridized carbons (Fsp3) is 0.323. The lowest BCUT2D eigenvalue weighted by molar-refractivity contribution is 0.302. The maximum Gasteiger partial charge on any atom is 0.152 e. The lowest BCUT2D eigenvalue weighted by Crippen LogP contribution is -2.25. The minimum Gasteiger partial charge on any atom is -0.489 e. The van der Waals surface area contributed by atoms with Crippen molar-refractivity contribution < 1.29 is 13.9 Å². The van der Waals surface area contributed by atoms with E-state index in [0.717, 1.165) is 32.4 Å². The Balaban J connectivity index is 1.53. The number of aromatic nitrogens is 2. The Labute approximate surface area is 237 Å². The van der Waals surface area contributed by atoms with Gasteiger partial charge in [0.2, 0.25) is 0 Å². The van der Waals surface area contributed by atoms with Crippen LogP contribution in [0.2, 0.25) is 0 Å². The summed E-state index contributed by atoms with van der Waals surface area (Å²) in [5.41, 5.74) is 12.7. The average Bonchev–Trinajstić information content (AvgIpc) is 3.58. The van der Waals surface area contributed by atoms with Crippen LogP contribution >= 0.6 is 0 Å². The predicted molar refractivity (Wildman–Crippen MR) is 153 cm³/mol. The fourth-order valence-corrected chi connectivity index (χ4v) is 5.34. The number of carbonyl (C=O) groups excluding carboxylic acids is 1. The molecule has 3 N–H and O–H groups in total. The summed E-state index contributed by atoms with van der Waals surface area (Å²) >= 11 is 0. The first-order valence-electron chi connectivity index (χ1n) is 13.5. The zero-order valence-electron chi connectivity index (χ0n) is 22.8. The van der Waals surface area contributed by atoms with Gasteiger partial charge in [0.25, 0.3) is 0 Å². The molecule has 10 heteroatoms. The van der Waals surface area contributed by atoms with Gasteiger partial charge in [-0.25, -0.2) is 9.18 Å². The van der Waals surface area contributed by atoms with Crippen molar-refractivity contribution in [3.05, 3.63) is 58.5 Å². The Morgan fingerprint density at radius 2 is 2.02 bits per heavy atom. The van der Waals surface area contributed by atoms with Crippen LogP contribution in [-0.2, 0) is 11.8 Å². The van der Waals surface area contributed by atoms with Crippen molar-refractivity contribution in [1.82, 2.24) is 20.1 Å². The van der Waals surface area contributed by atoms with Crippen LogP contribution in [0.25, 0.3) is 28.1 Å². The number of nitriles is 1. The molecular weight excluding hydrogens is 521 g/mol. The average molecular weight is 550 g/mol. The number of aryl methyl sites for hydroxylation is 1. The number of fused-ring (bicyclic) bond motifs is 1. The summed E-state index contributed by atoms with van der Waals surface area (Å²) in [6.07, 6.45) is 4.32. The summed E-state index contributed by atoms with van der Waals surface area (Å²) in [5, 5.41) is 18.9. The highest BCUT2D eigenvalue weighted by Crippen LogP contribution is 2.42. The highest BCUT2D eigenvalue weighted by atomic mass is 19.1. The van der Waals surface area contributed by atoms with Crippen LogP contribution < -0.4 is 15.9 Å². The van der Waals surface area contributed by atoms with E-state index in [9.17, 15) is 10.1 Å². The smallest absolute Gasteiger partial charge is 0.152 e. The number of hydrogen-bond acceptors (Lipinski definition) is 8. The van der Waals surface area contributed by atoms with Gasteiger partial charge in [-0.15, -0.1) is 0 Å². The maximum atomic E-state index is 16.5. The van der Waals surface area contributed by atoms with Crippen LogP contribution in [0.5, 0.6) is 5.75 Å². The molecule has 1 unspecified atom stereocenters. The standard InChI is InChI=1S/C31H28FN7O2/c1-38-10-9-18(16-38)3-4-20-12-28(41-21-6-7-21)24(13-33)29(30(20)32)31-25(15-35-39(31)2)19-5-8-22-23(11-19)26(14-34)36-37-27(22)17-40/h5,8,11-12,15,18,21,37H,6-7,9-10,14,16,34H2,1-2H3. The van der Waals surface area contributed by atoms with E-state index in [0.29, 0.717) is 39.4 Å². The van der Waals surface area contributed by atoms with Gasteiger partial charge in [-0.05, 0) is 44.5 Å². The van der Waals surface area contributed by atoms with E-state index in [4.69, 9.17) is 10.5 Å². The summed E-state index contributed by atoms with van der Waals surface area (Å²) in [5.74, 6) is 8.04. The minimum absolute atomic E-state index is 0.000920. The van der Waals surface area contributed by atoms with Crippen molar-refractivity contribution in [3.8, 4) is 46.0 Å². The molecule has 3 aliphatic rings. The molecule has 0 amide bonds. The lowest BCUT2D eigenvalue weighted by atomic mass is 9.91. The van der Waals surface area contributed by atoms with Crippen LogP contribution in [0.3, 0.4) is 0 Å². The van der Waals surface area contributed by atoms with Crippen LogP contribution in [0.15, 0.2) is 35.6 Å². The molecule has 0 spiro atoms. The van der Waals surface area contributed by atoms with Crippen molar-refractivity contribution >= 4 is 17.4 Å². The number of benzene rings is 2. The number of hydrazone groups is 1. The molecule has 3 aromatic rings. The van der Waals surface area contributed by atoms with E-state index < -0.39 is 5.82 Å². The number of ether oxygens (including phenoxy) is 1. The van der Waals surface area contributed by atoms with Crippen molar-refractivity contribution in [2.45, 2.75) is 25.4 Å². The Morgan fingerprint density at radius 1 is 1.20 bits per heavy atom. The van der Waals surface area contributed by atoms with Gasteiger partial charge in [0.15, 0.2) is 5.94 Å². The molecule has 3 heterocycles. The van der Waals surface area contributed by atoms with Gasteiger partial charge in [0.05, 0.1) is 34.8 Å². The molecule has 0 radical (unpaired) electrons. The summed E-state index contributed by atoms with van der Waals surface area (Å²) < 4.78 is 24.1. The zero-order valence-corrected chi connectivity index (χ0v) is 22.8. The van der Waals surface area contributed by atoms with Crippen molar-refractivity contribution in [2.75, 3.05) is 26.7 Å². The molecule has 1 saturated carbocycles. The van der Waals surface area contributed by atoms with E-state index in [1.165, 1.54) is 0 Å². The molecule has 2 aromatic carbocycles. The molecule has 1 aromatic heterocycles. The molecule has 1 atom stereocenters. The van der Waals surface area contributed by atoms with Crippen molar-refractivity contribution in [1.29, 1.82) is 5.26 Å². The second-order valence-corrected chi connectivity index (χ2v) is 10.6. The quantitative estimate of drug-likeness (QED) is 0.371. The van der Waals surface area contributed by atoms with E-state index >= 15 is 4.39 Å². The molecule has 1 saturated heterocycles. The number of rotatable bonds is 5. The molecule has 2 aliphatic heterocycles. The highest BCUT2D eigenvalue weighted by molar-refractivity contribution is 6.10. The number of nitrogens with one attached hydrogen (secondary N) is 1. The monoisotopic (exact) mass is 549 g/mol. The van der Waals surface area contributed by atoms with Gasteiger partial charge < -0.3 is 15.4 Å². The number of nitrogens with two attached hydrogens (primary N) is 1. The minimum atomic E-state index is -0.592. The first-order chi connectivity index (χ1) is 19.9. The van der Waals surface area contributed by atoms with Gasteiger partial charge in [-0.3, -0.25) is 10.1 Å². The molecular formula is C31H28FN7O2. The van der Waals surface area contributed by atoms with Crippen LogP contribution in [0, 0.1) is 34.9 Å². The molecule has 0 bridgehead atoms. The van der Waals surface area contributed by atoms with Crippen molar-refractivity contribution in [2.24, 2.45) is 23.8 Å². The largest absolute Gasteiger partial charge is 0.489 e. The van der Waals surface area contributed by atoms with E-state index in [1.807, 2.05) is 25.1 Å². The maximum absolute atomic E-state index is 16.5. The van der Waals surface area contributed by atoms with Gasteiger partial charge in [-0.1, -0.05) is 24.0 Å². The number of hydrogen-bond donors (Lipinski definition) is 2. The second-order valence-electron chi connectivity index (χ2n) is 10.6. The molecule has 6 rings (SSSR count). The van der Waals surface area contributed by atoms with Gasteiger partial charge in [0.1, 0.15) is 28.9 Å². The Morgan fingerprint density at radius 3 is 2.71 bits per heavy atom. The second kappa shape index (κ2) is 10.7. The Hall–Kier alpha value is -4.73. The van der Waals surface area contributed by atoms with Crippen LogP contribution in [-0.4, -0.2) is 59.1 Å². The number of nitrogens with zero attached hydrogens (tertiary/aromatic N) is 5. The predicted octanol–water partition coefficient (Wildman–Crippen LogP) is 3.05. The number of likely N-dealkylation sites (tertiary alicyclic amines) is 1. The third kappa shape index (κ3) is 4.90. The molecule has 206 valence electrons. The summed E-state index contributed by atoms with van der Waals surface area (Å²) in [6.45, 7) is 1.92. The fourth-order valence-electron chi connectivity index (χ4n) is 5.34. The summed E-state index contributed by atoms with van der Waals surface area (Å²) in [4.78, 5) is 13.7. The summed E-state index contributed by atoms with van der Waals surface area (Å²) in [6, 6.07) is 9.16. The third-order valence-electron chi connectivity index (χ3n) is 7.64. The molecule has 9 nitrogen and oxygen atoms in total. The molecule has 2 fully saturated rings. The van der Waals surface area contributed by atoms with Gasteiger partial charge >= 0.3 is 0 Å².